The summed E-state index contributed by atoms with van der Waals surface area (Å²) < 4.78 is 3.88. The molecule has 3 aromatic heterocycles. The third-order valence-electron chi connectivity index (χ3n) is 3.50. The Morgan fingerprint density at radius 2 is 1.65 bits per heavy atom. The average Bonchev–Trinajstić information content (AvgIpc) is 3.31. The van der Waals surface area contributed by atoms with Gasteiger partial charge in [0.1, 0.15) is 0 Å². The second-order valence-electron chi connectivity index (χ2n) is 5.67. The number of aryl methyl sites for hydroxylation is 1. The van der Waals surface area contributed by atoms with E-state index in [4.69, 9.17) is 0 Å². The average molecular weight is 523 g/mol. The van der Waals surface area contributed by atoms with Crippen LogP contribution in [0.2, 0.25) is 0 Å². The van der Waals surface area contributed by atoms with E-state index in [2.05, 4.69) is 41.4 Å². The molecule has 134 valence electrons. The van der Waals surface area contributed by atoms with Crippen LogP contribution in [0.25, 0.3) is 0 Å². The zero-order valence-electron chi connectivity index (χ0n) is 14.5. The Balaban J connectivity index is 0.000000297. The predicted octanol–water partition coefficient (Wildman–Crippen LogP) is 3.77. The maximum atomic E-state index is 4.68. The van der Waals surface area contributed by atoms with E-state index in [0.29, 0.717) is 6.54 Å². The number of aromatic nitrogens is 4. The van der Waals surface area contributed by atoms with Crippen LogP contribution in [0.3, 0.4) is 0 Å². The van der Waals surface area contributed by atoms with Gasteiger partial charge in [-0.2, -0.15) is 53.6 Å². The van der Waals surface area contributed by atoms with E-state index in [1.165, 1.54) is 5.56 Å². The summed E-state index contributed by atoms with van der Waals surface area (Å²) in [5.41, 5.74) is 3.31. The molecule has 0 saturated heterocycles. The van der Waals surface area contributed by atoms with Crippen molar-refractivity contribution in [3.05, 3.63) is 108 Å². The van der Waals surface area contributed by atoms with Crippen molar-refractivity contribution in [3.8, 4) is 0 Å². The zero-order valence-corrected chi connectivity index (χ0v) is 16.8. The number of rotatable bonds is 4. The minimum Gasteiger partial charge on any atom is -0.466 e. The van der Waals surface area contributed by atoms with Crippen LogP contribution in [0.1, 0.15) is 17.0 Å². The van der Waals surface area contributed by atoms with Crippen molar-refractivity contribution in [1.82, 2.24) is 19.3 Å². The van der Waals surface area contributed by atoms with Crippen LogP contribution in [-0.4, -0.2) is 19.3 Å². The van der Waals surface area contributed by atoms with Gasteiger partial charge in [0.2, 0.25) is 0 Å². The monoisotopic (exact) mass is 523 g/mol. The van der Waals surface area contributed by atoms with Gasteiger partial charge in [-0.1, -0.05) is 0 Å². The van der Waals surface area contributed by atoms with E-state index in [1.54, 1.807) is 6.20 Å². The van der Waals surface area contributed by atoms with Crippen molar-refractivity contribution in [2.24, 2.45) is 0 Å². The first kappa shape index (κ1) is 19.9. The second kappa shape index (κ2) is 10.5. The number of benzene rings is 1. The normalized spacial score (nSPS) is 9.73. The summed E-state index contributed by atoms with van der Waals surface area (Å²) in [7, 11) is 0. The summed E-state index contributed by atoms with van der Waals surface area (Å²) in [6.45, 7) is 3.55. The third-order valence-corrected chi connectivity index (χ3v) is 3.50. The van der Waals surface area contributed by atoms with Crippen molar-refractivity contribution in [3.63, 3.8) is 0 Å². The fourth-order valence-corrected chi connectivity index (χ4v) is 2.48. The molecule has 0 amide bonds. The smallest absolute Gasteiger partial charge is 0.466 e. The SMILES string of the molecule is Cc1cc(Cn2[c-]ccc2)nc(Cn2cccn2)c1.[Pt+2].[c-]1ccccc1. The zero-order chi connectivity index (χ0) is 17.3. The van der Waals surface area contributed by atoms with Crippen molar-refractivity contribution in [2.45, 2.75) is 20.0 Å². The summed E-state index contributed by atoms with van der Waals surface area (Å²) in [4.78, 5) is 4.68. The first-order valence-corrected chi connectivity index (χ1v) is 8.17. The standard InChI is InChI=1S/C15H15N4.C6H5.Pt/c1-13-9-14(11-18-6-2-3-7-18)17-15(10-13)12-19-8-4-5-16-19;1-2-4-6-5-3-1;/h2-6,8-10H,11-12H2,1H3;1-5H;/q2*-1;+2. The van der Waals surface area contributed by atoms with Gasteiger partial charge in [0.15, 0.2) is 0 Å². The Hall–Kier alpha value is -2.45. The topological polar surface area (TPSA) is 35.6 Å². The van der Waals surface area contributed by atoms with E-state index < -0.39 is 0 Å². The van der Waals surface area contributed by atoms with Crippen molar-refractivity contribution >= 4 is 0 Å². The Morgan fingerprint density at radius 3 is 2.19 bits per heavy atom. The van der Waals surface area contributed by atoms with Gasteiger partial charge in [0.05, 0.1) is 17.9 Å². The van der Waals surface area contributed by atoms with E-state index in [-0.39, 0.29) is 21.1 Å². The van der Waals surface area contributed by atoms with Gasteiger partial charge in [0.25, 0.3) is 0 Å². The molecule has 1 aromatic carbocycles. The van der Waals surface area contributed by atoms with Crippen LogP contribution in [0, 0.1) is 19.2 Å². The van der Waals surface area contributed by atoms with Crippen molar-refractivity contribution < 1.29 is 21.1 Å². The number of pyridine rings is 1. The molecule has 0 aliphatic carbocycles. The summed E-state index contributed by atoms with van der Waals surface area (Å²) in [6.07, 6.45) is 8.86. The minimum absolute atomic E-state index is 0. The molecular weight excluding hydrogens is 503 g/mol. The van der Waals surface area contributed by atoms with Crippen LogP contribution in [0.4, 0.5) is 0 Å². The molecule has 4 aromatic rings. The number of hydrogen-bond acceptors (Lipinski definition) is 2. The molecule has 0 radical (unpaired) electrons. The van der Waals surface area contributed by atoms with Crippen LogP contribution in [0.5, 0.6) is 0 Å². The molecule has 5 heteroatoms. The molecule has 0 aliphatic rings. The quantitative estimate of drug-likeness (QED) is 0.382. The molecule has 26 heavy (non-hydrogen) atoms. The van der Waals surface area contributed by atoms with Crippen LogP contribution >= 0.6 is 0 Å². The molecule has 3 heterocycles. The summed E-state index contributed by atoms with van der Waals surface area (Å²) in [5.74, 6) is 0. The predicted molar refractivity (Wildman–Crippen MR) is 98.0 cm³/mol. The molecule has 4 rings (SSSR count). The molecule has 0 unspecified atom stereocenters. The third kappa shape index (κ3) is 6.45. The maximum absolute atomic E-state index is 4.68. The van der Waals surface area contributed by atoms with Gasteiger partial charge in [0, 0.05) is 18.9 Å². The maximum Gasteiger partial charge on any atom is 2.00 e. The van der Waals surface area contributed by atoms with Gasteiger partial charge < -0.3 is 4.57 Å². The van der Waals surface area contributed by atoms with E-state index in [1.807, 2.05) is 70.2 Å². The molecule has 4 nitrogen and oxygen atoms in total. The summed E-state index contributed by atoms with van der Waals surface area (Å²) >= 11 is 0. The minimum atomic E-state index is 0. The van der Waals surface area contributed by atoms with Crippen molar-refractivity contribution in [1.29, 1.82) is 0 Å². The molecule has 0 atom stereocenters. The molecule has 0 saturated carbocycles. The molecule has 0 spiro atoms. The molecular formula is C21H20N4Pt. The fraction of sp³-hybridized carbons (Fsp3) is 0.143. The van der Waals surface area contributed by atoms with E-state index >= 15 is 0 Å². The summed E-state index contributed by atoms with van der Waals surface area (Å²) in [5, 5.41) is 4.21. The Bertz CT molecular complexity index is 775. The Morgan fingerprint density at radius 1 is 0.885 bits per heavy atom. The number of hydrogen-bond donors (Lipinski definition) is 0. The second-order valence-corrected chi connectivity index (χ2v) is 5.67. The first-order valence-electron chi connectivity index (χ1n) is 8.17. The molecule has 0 bridgehead atoms. The van der Waals surface area contributed by atoms with Crippen LogP contribution in [0.15, 0.2) is 79.3 Å². The van der Waals surface area contributed by atoms with Crippen LogP contribution < -0.4 is 0 Å². The molecule has 0 aliphatic heterocycles. The van der Waals surface area contributed by atoms with E-state index in [9.17, 15) is 0 Å². The Labute approximate surface area is 168 Å². The first-order chi connectivity index (χ1) is 12.3. The summed E-state index contributed by atoms with van der Waals surface area (Å²) in [6, 6.07) is 22.5. The van der Waals surface area contributed by atoms with Crippen molar-refractivity contribution in [2.75, 3.05) is 0 Å². The van der Waals surface area contributed by atoms with Gasteiger partial charge in [-0.15, -0.1) is 12.4 Å². The fourth-order valence-electron chi connectivity index (χ4n) is 2.48. The van der Waals surface area contributed by atoms with Gasteiger partial charge in [-0.3, -0.25) is 9.67 Å². The number of nitrogens with zero attached hydrogens (tertiary/aromatic N) is 4. The molecule has 0 N–H and O–H groups in total. The van der Waals surface area contributed by atoms with Gasteiger partial charge >= 0.3 is 21.1 Å². The molecule has 0 fully saturated rings. The van der Waals surface area contributed by atoms with Gasteiger partial charge in [-0.05, 0) is 30.7 Å². The van der Waals surface area contributed by atoms with E-state index in [0.717, 1.165) is 17.9 Å². The largest absolute Gasteiger partial charge is 2.00 e. The van der Waals surface area contributed by atoms with Crippen LogP contribution in [-0.2, 0) is 34.2 Å². The Kier molecular flexibility index (Phi) is 8.04. The van der Waals surface area contributed by atoms with Gasteiger partial charge in [-0.25, -0.2) is 0 Å².